The van der Waals surface area contributed by atoms with E-state index in [-0.39, 0.29) is 36.6 Å². The number of hydrogen-bond acceptors (Lipinski definition) is 4. The predicted octanol–water partition coefficient (Wildman–Crippen LogP) is 6.04. The SMILES string of the molecule is Cl.Cl.FC(F)(F)Oc1ccc([C@H](c2ccc(NCc3ccccc3)cc2)N2CCNCC2)cc1. The van der Waals surface area contributed by atoms with Gasteiger partial charge in [-0.1, -0.05) is 54.6 Å². The molecule has 1 saturated heterocycles. The fraction of sp³-hybridized carbons (Fsp3) is 0.280. The molecule has 0 bridgehead atoms. The van der Waals surface area contributed by atoms with Crippen molar-refractivity contribution in [3.05, 3.63) is 95.6 Å². The van der Waals surface area contributed by atoms with Crippen molar-refractivity contribution < 1.29 is 17.9 Å². The van der Waals surface area contributed by atoms with Gasteiger partial charge in [-0.15, -0.1) is 38.0 Å². The van der Waals surface area contributed by atoms with Gasteiger partial charge >= 0.3 is 6.36 Å². The quantitative estimate of drug-likeness (QED) is 0.404. The van der Waals surface area contributed by atoms with Crippen LogP contribution in [0.4, 0.5) is 18.9 Å². The highest BCUT2D eigenvalue weighted by Crippen LogP contribution is 2.32. The summed E-state index contributed by atoms with van der Waals surface area (Å²) in [5, 5.41) is 6.78. The number of benzene rings is 3. The number of nitrogens with zero attached hydrogens (tertiary/aromatic N) is 1. The number of rotatable bonds is 7. The number of nitrogens with one attached hydrogen (secondary N) is 2. The summed E-state index contributed by atoms with van der Waals surface area (Å²) in [6.45, 7) is 4.21. The van der Waals surface area contributed by atoms with Crippen LogP contribution < -0.4 is 15.4 Å². The molecule has 3 aromatic rings. The maximum absolute atomic E-state index is 12.5. The molecule has 0 aliphatic carbocycles. The highest BCUT2D eigenvalue weighted by molar-refractivity contribution is 5.85. The second kappa shape index (κ2) is 12.9. The Bertz CT molecular complexity index is 981. The normalized spacial score (nSPS) is 14.9. The van der Waals surface area contributed by atoms with E-state index in [1.165, 1.54) is 17.7 Å². The average molecular weight is 514 g/mol. The van der Waals surface area contributed by atoms with Gasteiger partial charge in [0.2, 0.25) is 0 Å². The molecule has 0 unspecified atom stereocenters. The maximum Gasteiger partial charge on any atom is 0.573 e. The standard InChI is InChI=1S/C25H26F3N3O.2ClH/c26-25(27,28)32-23-12-8-21(9-13-23)24(31-16-14-29-15-17-31)20-6-10-22(11-7-20)30-18-19-4-2-1-3-5-19;;/h1-13,24,29-30H,14-18H2;2*1H/t24-;;/m0../s1. The van der Waals surface area contributed by atoms with E-state index >= 15 is 0 Å². The van der Waals surface area contributed by atoms with Crippen LogP contribution in [0.25, 0.3) is 0 Å². The van der Waals surface area contributed by atoms with Gasteiger partial charge in [0, 0.05) is 38.4 Å². The van der Waals surface area contributed by atoms with E-state index in [2.05, 4.69) is 56.7 Å². The first-order chi connectivity index (χ1) is 15.5. The molecule has 4 rings (SSSR count). The number of ether oxygens (including phenoxy) is 1. The topological polar surface area (TPSA) is 36.5 Å². The van der Waals surface area contributed by atoms with Crippen molar-refractivity contribution in [3.63, 3.8) is 0 Å². The van der Waals surface area contributed by atoms with Crippen LogP contribution >= 0.6 is 24.8 Å². The lowest BCUT2D eigenvalue weighted by Gasteiger charge is -2.35. The number of hydrogen-bond donors (Lipinski definition) is 2. The molecule has 1 heterocycles. The summed E-state index contributed by atoms with van der Waals surface area (Å²) >= 11 is 0. The lowest BCUT2D eigenvalue weighted by atomic mass is 9.96. The zero-order valence-electron chi connectivity index (χ0n) is 18.4. The largest absolute Gasteiger partial charge is 0.573 e. The van der Waals surface area contributed by atoms with Gasteiger partial charge in [0.1, 0.15) is 5.75 Å². The molecule has 184 valence electrons. The molecule has 9 heteroatoms. The summed E-state index contributed by atoms with van der Waals surface area (Å²) in [4.78, 5) is 2.35. The summed E-state index contributed by atoms with van der Waals surface area (Å²) in [5.74, 6) is -0.208. The minimum atomic E-state index is -4.69. The highest BCUT2D eigenvalue weighted by atomic mass is 35.5. The van der Waals surface area contributed by atoms with E-state index in [1.807, 2.05) is 18.2 Å². The van der Waals surface area contributed by atoms with Crippen molar-refractivity contribution in [3.8, 4) is 5.75 Å². The van der Waals surface area contributed by atoms with Crippen LogP contribution in [0.2, 0.25) is 0 Å². The molecular weight excluding hydrogens is 486 g/mol. The number of halogens is 5. The summed E-state index contributed by atoms with van der Waals surface area (Å²) in [6.07, 6.45) is -4.69. The predicted molar refractivity (Wildman–Crippen MR) is 134 cm³/mol. The molecular formula is C25H28Cl2F3N3O. The lowest BCUT2D eigenvalue weighted by Crippen LogP contribution is -2.45. The minimum absolute atomic E-state index is 0. The van der Waals surface area contributed by atoms with E-state index in [0.29, 0.717) is 0 Å². The van der Waals surface area contributed by atoms with Crippen LogP contribution in [0.1, 0.15) is 22.7 Å². The third kappa shape index (κ3) is 7.81. The molecule has 1 aliphatic heterocycles. The fourth-order valence-corrected chi connectivity index (χ4v) is 3.99. The molecule has 0 amide bonds. The van der Waals surface area contributed by atoms with E-state index in [4.69, 9.17) is 0 Å². The second-order valence-corrected chi connectivity index (χ2v) is 7.77. The van der Waals surface area contributed by atoms with Gasteiger partial charge in [-0.25, -0.2) is 0 Å². The molecule has 0 radical (unpaired) electrons. The van der Waals surface area contributed by atoms with Crippen LogP contribution in [0.3, 0.4) is 0 Å². The molecule has 3 aromatic carbocycles. The Labute approximate surface area is 210 Å². The molecule has 34 heavy (non-hydrogen) atoms. The average Bonchev–Trinajstić information content (AvgIpc) is 2.80. The van der Waals surface area contributed by atoms with Crippen molar-refractivity contribution in [1.29, 1.82) is 0 Å². The van der Waals surface area contributed by atoms with Crippen molar-refractivity contribution in [2.75, 3.05) is 31.5 Å². The molecule has 2 N–H and O–H groups in total. The molecule has 1 fully saturated rings. The summed E-state index contributed by atoms with van der Waals surface area (Å²) in [5.41, 5.74) is 4.26. The third-order valence-electron chi connectivity index (χ3n) is 5.51. The molecule has 1 aliphatic rings. The van der Waals surface area contributed by atoms with Crippen LogP contribution in [-0.4, -0.2) is 37.4 Å². The van der Waals surface area contributed by atoms with E-state index in [0.717, 1.165) is 49.5 Å². The smallest absolute Gasteiger partial charge is 0.406 e. The number of piperazine rings is 1. The van der Waals surface area contributed by atoms with Crippen molar-refractivity contribution in [2.45, 2.75) is 18.9 Å². The number of alkyl halides is 3. The van der Waals surface area contributed by atoms with Gasteiger partial charge in [0.05, 0.1) is 6.04 Å². The third-order valence-corrected chi connectivity index (χ3v) is 5.51. The Kier molecular flexibility index (Phi) is 10.5. The lowest BCUT2D eigenvalue weighted by molar-refractivity contribution is -0.274. The zero-order valence-corrected chi connectivity index (χ0v) is 20.1. The molecule has 0 saturated carbocycles. The Hall–Kier alpha value is -2.45. The maximum atomic E-state index is 12.5. The minimum Gasteiger partial charge on any atom is -0.406 e. The molecule has 0 spiro atoms. The summed E-state index contributed by atoms with van der Waals surface area (Å²) in [6, 6.07) is 24.6. The van der Waals surface area contributed by atoms with Crippen LogP contribution in [0, 0.1) is 0 Å². The first-order valence-corrected chi connectivity index (χ1v) is 10.7. The first kappa shape index (κ1) is 27.8. The van der Waals surface area contributed by atoms with Crippen molar-refractivity contribution in [1.82, 2.24) is 10.2 Å². The van der Waals surface area contributed by atoms with Gasteiger partial charge in [-0.3, -0.25) is 4.90 Å². The second-order valence-electron chi connectivity index (χ2n) is 7.77. The zero-order chi connectivity index (χ0) is 22.4. The Morgan fingerprint density at radius 2 is 1.38 bits per heavy atom. The number of anilines is 1. The monoisotopic (exact) mass is 513 g/mol. The van der Waals surface area contributed by atoms with E-state index < -0.39 is 6.36 Å². The van der Waals surface area contributed by atoms with E-state index in [1.54, 1.807) is 12.1 Å². The Morgan fingerprint density at radius 1 is 0.824 bits per heavy atom. The van der Waals surface area contributed by atoms with Crippen LogP contribution in [-0.2, 0) is 6.54 Å². The molecule has 1 atom stereocenters. The summed E-state index contributed by atoms with van der Waals surface area (Å²) < 4.78 is 41.6. The van der Waals surface area contributed by atoms with E-state index in [9.17, 15) is 13.2 Å². The molecule has 4 nitrogen and oxygen atoms in total. The van der Waals surface area contributed by atoms with Gasteiger partial charge < -0.3 is 15.4 Å². The van der Waals surface area contributed by atoms with Gasteiger partial charge in [-0.05, 0) is 41.0 Å². The summed E-state index contributed by atoms with van der Waals surface area (Å²) in [7, 11) is 0. The van der Waals surface area contributed by atoms with Gasteiger partial charge in [-0.2, -0.15) is 0 Å². The van der Waals surface area contributed by atoms with Gasteiger partial charge in [0.15, 0.2) is 0 Å². The highest BCUT2D eigenvalue weighted by Gasteiger charge is 2.31. The van der Waals surface area contributed by atoms with Crippen LogP contribution in [0.5, 0.6) is 5.75 Å². The van der Waals surface area contributed by atoms with Crippen LogP contribution in [0.15, 0.2) is 78.9 Å². The van der Waals surface area contributed by atoms with Crippen molar-refractivity contribution in [2.24, 2.45) is 0 Å². The molecule has 0 aromatic heterocycles. The Balaban J connectivity index is 0.00000204. The first-order valence-electron chi connectivity index (χ1n) is 10.7. The van der Waals surface area contributed by atoms with Gasteiger partial charge in [0.25, 0.3) is 0 Å². The fourth-order valence-electron chi connectivity index (χ4n) is 3.99. The van der Waals surface area contributed by atoms with Crippen molar-refractivity contribution >= 4 is 30.5 Å². The Morgan fingerprint density at radius 3 is 1.94 bits per heavy atom.